The molecule has 1 aliphatic rings. The lowest BCUT2D eigenvalue weighted by Crippen LogP contribution is -2.44. The van der Waals surface area contributed by atoms with Crippen LogP contribution in [0.5, 0.6) is 5.75 Å². The molecular formula is C26H32N4O5. The Morgan fingerprint density at radius 3 is 2.54 bits per heavy atom. The van der Waals surface area contributed by atoms with Gasteiger partial charge in [0.15, 0.2) is 0 Å². The molecule has 9 nitrogen and oxygen atoms in total. The molecule has 0 unspecified atom stereocenters. The number of carbonyl (C=O) groups excluding carboxylic acids is 2. The van der Waals surface area contributed by atoms with Crippen LogP contribution in [0.25, 0.3) is 16.7 Å². The maximum Gasteiger partial charge on any atom is 0.411 e. The first-order valence-electron chi connectivity index (χ1n) is 11.9. The second-order valence-electron chi connectivity index (χ2n) is 9.44. The normalized spacial score (nSPS) is 14.6. The quantitative estimate of drug-likeness (QED) is 0.527. The molecule has 4 rings (SSSR count). The van der Waals surface area contributed by atoms with Gasteiger partial charge in [-0.2, -0.15) is 0 Å². The van der Waals surface area contributed by atoms with Crippen LogP contribution in [0, 0.1) is 0 Å². The molecule has 9 heteroatoms. The first-order chi connectivity index (χ1) is 16.7. The van der Waals surface area contributed by atoms with Crippen molar-refractivity contribution in [2.75, 3.05) is 25.0 Å². The van der Waals surface area contributed by atoms with Crippen LogP contribution in [-0.4, -0.2) is 58.0 Å². The Morgan fingerprint density at radius 2 is 1.89 bits per heavy atom. The number of ether oxygens (including phenoxy) is 3. The summed E-state index contributed by atoms with van der Waals surface area (Å²) in [5, 5.41) is 3.69. The zero-order valence-corrected chi connectivity index (χ0v) is 20.6. The van der Waals surface area contributed by atoms with Crippen molar-refractivity contribution in [2.45, 2.75) is 52.2 Å². The lowest BCUT2D eigenvalue weighted by atomic mass is 10.1. The van der Waals surface area contributed by atoms with Crippen molar-refractivity contribution in [2.24, 2.45) is 0 Å². The molecule has 0 aliphatic carbocycles. The fraction of sp³-hybridized carbons (Fsp3) is 0.423. The second-order valence-corrected chi connectivity index (χ2v) is 9.44. The first kappa shape index (κ1) is 24.4. The molecule has 186 valence electrons. The summed E-state index contributed by atoms with van der Waals surface area (Å²) in [6.07, 6.45) is 4.42. The van der Waals surface area contributed by atoms with Crippen molar-refractivity contribution < 1.29 is 23.8 Å². The number of fused-ring (bicyclic) bond motifs is 1. The average molecular weight is 481 g/mol. The van der Waals surface area contributed by atoms with Crippen LogP contribution >= 0.6 is 0 Å². The molecular weight excluding hydrogens is 448 g/mol. The van der Waals surface area contributed by atoms with Gasteiger partial charge in [-0.1, -0.05) is 0 Å². The van der Waals surface area contributed by atoms with E-state index in [1.165, 1.54) is 0 Å². The molecule has 0 saturated carbocycles. The van der Waals surface area contributed by atoms with E-state index in [1.807, 2.05) is 67.9 Å². The highest BCUT2D eigenvalue weighted by atomic mass is 16.6. The number of pyridine rings is 1. The van der Waals surface area contributed by atoms with E-state index in [-0.39, 0.29) is 12.2 Å². The Kier molecular flexibility index (Phi) is 7.14. The van der Waals surface area contributed by atoms with Gasteiger partial charge in [0.1, 0.15) is 23.3 Å². The molecule has 0 atom stereocenters. The Bertz CT molecular complexity index is 1170. The number of amides is 2. The smallest absolute Gasteiger partial charge is 0.411 e. The summed E-state index contributed by atoms with van der Waals surface area (Å²) in [7, 11) is 0. The molecule has 2 amide bonds. The van der Waals surface area contributed by atoms with Gasteiger partial charge in [-0.15, -0.1) is 0 Å². The molecule has 3 heterocycles. The number of nitrogens with zero attached hydrogens (tertiary/aromatic N) is 3. The molecule has 1 aliphatic heterocycles. The molecule has 1 N–H and O–H groups in total. The molecule has 2 aromatic heterocycles. The van der Waals surface area contributed by atoms with Crippen molar-refractivity contribution in [3.8, 4) is 11.6 Å². The zero-order valence-electron chi connectivity index (χ0n) is 20.6. The third-order valence-electron chi connectivity index (χ3n) is 5.58. The van der Waals surface area contributed by atoms with Crippen molar-refractivity contribution in [3.63, 3.8) is 0 Å². The van der Waals surface area contributed by atoms with Gasteiger partial charge in [-0.25, -0.2) is 14.6 Å². The highest BCUT2D eigenvalue weighted by molar-refractivity contribution is 5.90. The molecule has 1 fully saturated rings. The average Bonchev–Trinajstić information content (AvgIpc) is 3.22. The predicted molar refractivity (Wildman–Crippen MR) is 133 cm³/mol. The van der Waals surface area contributed by atoms with Crippen LogP contribution < -0.4 is 10.1 Å². The summed E-state index contributed by atoms with van der Waals surface area (Å²) in [4.78, 5) is 30.2. The van der Waals surface area contributed by atoms with E-state index in [0.29, 0.717) is 31.1 Å². The Hall–Kier alpha value is -3.75. The highest BCUT2D eigenvalue weighted by Crippen LogP contribution is 2.25. The zero-order chi connectivity index (χ0) is 25.0. The molecule has 3 aromatic rings. The number of benzene rings is 1. The van der Waals surface area contributed by atoms with Crippen LogP contribution in [-0.2, 0) is 9.47 Å². The van der Waals surface area contributed by atoms with Crippen LogP contribution in [0.3, 0.4) is 0 Å². The standard InChI is InChI=1S/C26H32N4O5/c1-5-33-24(31)28-19-6-8-22-18(16-19)10-15-30(22)23-9-7-21(17-27-23)34-20-11-13-29(14-12-20)25(32)35-26(2,3)4/h6-10,15-17,20H,5,11-14H2,1-4H3,(H,28,31). The van der Waals surface area contributed by atoms with Crippen LogP contribution in [0.2, 0.25) is 0 Å². The van der Waals surface area contributed by atoms with Crippen molar-refractivity contribution in [3.05, 3.63) is 48.8 Å². The summed E-state index contributed by atoms with van der Waals surface area (Å²) in [5.74, 6) is 1.46. The van der Waals surface area contributed by atoms with Crippen molar-refractivity contribution in [1.29, 1.82) is 0 Å². The minimum absolute atomic E-state index is 0.0269. The highest BCUT2D eigenvalue weighted by Gasteiger charge is 2.27. The van der Waals surface area contributed by atoms with Gasteiger partial charge in [0.25, 0.3) is 0 Å². The third-order valence-corrected chi connectivity index (χ3v) is 5.58. The minimum Gasteiger partial charge on any atom is -0.489 e. The van der Waals surface area contributed by atoms with Gasteiger partial charge in [0.2, 0.25) is 0 Å². The Balaban J connectivity index is 1.35. The Labute approximate surface area is 205 Å². The molecule has 0 bridgehead atoms. The van der Waals surface area contributed by atoms with Crippen molar-refractivity contribution >= 4 is 28.8 Å². The lowest BCUT2D eigenvalue weighted by Gasteiger charge is -2.33. The summed E-state index contributed by atoms with van der Waals surface area (Å²) >= 11 is 0. The number of carbonyl (C=O) groups is 2. The van der Waals surface area contributed by atoms with E-state index in [4.69, 9.17) is 14.2 Å². The van der Waals surface area contributed by atoms with Crippen molar-refractivity contribution in [1.82, 2.24) is 14.5 Å². The Morgan fingerprint density at radius 1 is 1.11 bits per heavy atom. The number of hydrogen-bond acceptors (Lipinski definition) is 6. The first-order valence-corrected chi connectivity index (χ1v) is 11.9. The fourth-order valence-corrected chi connectivity index (χ4v) is 3.96. The molecule has 35 heavy (non-hydrogen) atoms. The summed E-state index contributed by atoms with van der Waals surface area (Å²) in [6.45, 7) is 8.90. The van der Waals surface area contributed by atoms with Gasteiger partial charge in [0.05, 0.1) is 18.3 Å². The number of anilines is 1. The summed E-state index contributed by atoms with van der Waals surface area (Å²) in [5.41, 5.74) is 1.14. The van der Waals surface area contributed by atoms with E-state index < -0.39 is 11.7 Å². The summed E-state index contributed by atoms with van der Waals surface area (Å²) in [6, 6.07) is 11.4. The van der Waals surface area contributed by atoms with Crippen LogP contribution in [0.15, 0.2) is 48.8 Å². The van der Waals surface area contributed by atoms with Crippen LogP contribution in [0.1, 0.15) is 40.5 Å². The number of nitrogens with one attached hydrogen (secondary N) is 1. The maximum atomic E-state index is 12.2. The lowest BCUT2D eigenvalue weighted by molar-refractivity contribution is 0.0126. The largest absolute Gasteiger partial charge is 0.489 e. The number of piperidine rings is 1. The van der Waals surface area contributed by atoms with E-state index in [0.717, 1.165) is 29.6 Å². The third kappa shape index (κ3) is 6.23. The van der Waals surface area contributed by atoms with E-state index in [2.05, 4.69) is 10.3 Å². The fourth-order valence-electron chi connectivity index (χ4n) is 3.96. The molecule has 1 aromatic carbocycles. The molecule has 0 spiro atoms. The topological polar surface area (TPSA) is 94.9 Å². The van der Waals surface area contributed by atoms with E-state index in [9.17, 15) is 9.59 Å². The summed E-state index contributed by atoms with van der Waals surface area (Å²) < 4.78 is 18.5. The monoisotopic (exact) mass is 480 g/mol. The minimum atomic E-state index is -0.495. The van der Waals surface area contributed by atoms with Gasteiger partial charge in [0, 0.05) is 43.2 Å². The number of hydrogen-bond donors (Lipinski definition) is 1. The second kappa shape index (κ2) is 10.2. The van der Waals surface area contributed by atoms with Gasteiger partial charge >= 0.3 is 12.2 Å². The molecule has 1 saturated heterocycles. The van der Waals surface area contributed by atoms with E-state index >= 15 is 0 Å². The van der Waals surface area contributed by atoms with Gasteiger partial charge in [-0.3, -0.25) is 5.32 Å². The predicted octanol–water partition coefficient (Wildman–Crippen LogP) is 5.37. The number of rotatable bonds is 5. The maximum absolute atomic E-state index is 12.2. The van der Waals surface area contributed by atoms with Gasteiger partial charge < -0.3 is 23.7 Å². The molecule has 0 radical (unpaired) electrons. The number of aromatic nitrogens is 2. The number of likely N-dealkylation sites (tertiary alicyclic amines) is 1. The SMILES string of the molecule is CCOC(=O)Nc1ccc2c(ccn2-c2ccc(OC3CCN(C(=O)OC(C)(C)C)CC3)cn2)c1. The van der Waals surface area contributed by atoms with Gasteiger partial charge in [-0.05, 0) is 64.1 Å². The van der Waals surface area contributed by atoms with Crippen LogP contribution in [0.4, 0.5) is 15.3 Å². The van der Waals surface area contributed by atoms with E-state index in [1.54, 1.807) is 18.0 Å².